The van der Waals surface area contributed by atoms with E-state index in [9.17, 15) is 4.79 Å². The van der Waals surface area contributed by atoms with Crippen LogP contribution in [0.5, 0.6) is 23.1 Å². The molecule has 1 aromatic heterocycles. The van der Waals surface area contributed by atoms with Crippen molar-refractivity contribution in [2.24, 2.45) is 0 Å². The molecule has 0 bridgehead atoms. The summed E-state index contributed by atoms with van der Waals surface area (Å²) in [5, 5.41) is 6.44. The summed E-state index contributed by atoms with van der Waals surface area (Å²) in [4.78, 5) is 20.6. The molecule has 4 rings (SSSR count). The first-order valence-electron chi connectivity index (χ1n) is 11.1. The number of methoxy groups -OCH3 is 1. The third-order valence-corrected chi connectivity index (χ3v) is 5.37. The Morgan fingerprint density at radius 3 is 2.60 bits per heavy atom. The lowest BCUT2D eigenvalue weighted by molar-refractivity contribution is 0.252. The van der Waals surface area contributed by atoms with Crippen LogP contribution in [0.3, 0.4) is 0 Å². The number of amides is 2. The van der Waals surface area contributed by atoms with Gasteiger partial charge in [-0.25, -0.2) is 14.8 Å². The smallest absolute Gasteiger partial charge is 0.319 e. The van der Waals surface area contributed by atoms with Crippen LogP contribution in [0.25, 0.3) is 10.9 Å². The van der Waals surface area contributed by atoms with Gasteiger partial charge in [0, 0.05) is 18.7 Å². The molecule has 0 spiro atoms. The van der Waals surface area contributed by atoms with Crippen LogP contribution >= 0.6 is 11.6 Å². The topological polar surface area (TPSA) is 94.6 Å². The molecule has 4 aromatic rings. The summed E-state index contributed by atoms with van der Waals surface area (Å²) in [6.07, 6.45) is 2.25. The molecule has 0 aliphatic carbocycles. The maximum atomic E-state index is 11.9. The number of benzene rings is 3. The molecule has 0 radical (unpaired) electrons. The van der Waals surface area contributed by atoms with E-state index in [0.717, 1.165) is 12.0 Å². The Balaban J connectivity index is 1.57. The van der Waals surface area contributed by atoms with Crippen LogP contribution < -0.4 is 24.8 Å². The monoisotopic (exact) mass is 492 g/mol. The number of hydrogen-bond donors (Lipinski definition) is 2. The number of nitrogens with one attached hydrogen (secondary N) is 2. The molecular weight excluding hydrogens is 468 g/mol. The highest BCUT2D eigenvalue weighted by molar-refractivity contribution is 6.33. The summed E-state index contributed by atoms with van der Waals surface area (Å²) >= 11 is 6.36. The molecular formula is C26H25ClN4O4. The van der Waals surface area contributed by atoms with Gasteiger partial charge in [0.05, 0.1) is 28.7 Å². The second-order valence-corrected chi connectivity index (χ2v) is 8.01. The van der Waals surface area contributed by atoms with Crippen LogP contribution in [0.4, 0.5) is 10.5 Å². The summed E-state index contributed by atoms with van der Waals surface area (Å²) in [7, 11) is 1.58. The maximum absolute atomic E-state index is 11.9. The van der Waals surface area contributed by atoms with Crippen LogP contribution in [-0.4, -0.2) is 29.7 Å². The number of carbonyl (C=O) groups is 1. The fourth-order valence-corrected chi connectivity index (χ4v) is 3.52. The molecule has 35 heavy (non-hydrogen) atoms. The van der Waals surface area contributed by atoms with Gasteiger partial charge in [-0.05, 0) is 30.2 Å². The van der Waals surface area contributed by atoms with E-state index in [2.05, 4.69) is 20.6 Å². The van der Waals surface area contributed by atoms with Crippen molar-refractivity contribution in [3.05, 3.63) is 77.6 Å². The van der Waals surface area contributed by atoms with Gasteiger partial charge in [0.25, 0.3) is 0 Å². The number of rotatable bonds is 9. The molecule has 0 aliphatic heterocycles. The average molecular weight is 493 g/mol. The highest BCUT2D eigenvalue weighted by Crippen LogP contribution is 2.37. The highest BCUT2D eigenvalue weighted by Gasteiger charge is 2.14. The number of hydrogen-bond acceptors (Lipinski definition) is 6. The van der Waals surface area contributed by atoms with Crippen LogP contribution in [0.2, 0.25) is 5.02 Å². The van der Waals surface area contributed by atoms with Crippen LogP contribution in [0.1, 0.15) is 18.9 Å². The summed E-state index contributed by atoms with van der Waals surface area (Å²) in [5.41, 5.74) is 2.14. The molecule has 0 fully saturated rings. The minimum Gasteiger partial charge on any atom is -0.493 e. The van der Waals surface area contributed by atoms with Crippen molar-refractivity contribution in [2.45, 2.75) is 20.0 Å². The predicted octanol–water partition coefficient (Wildman–Crippen LogP) is 6.19. The lowest BCUT2D eigenvalue weighted by atomic mass is 10.2. The molecule has 0 saturated heterocycles. The number of anilines is 1. The fourth-order valence-electron chi connectivity index (χ4n) is 3.31. The molecule has 0 saturated carbocycles. The Morgan fingerprint density at radius 2 is 1.86 bits per heavy atom. The van der Waals surface area contributed by atoms with E-state index >= 15 is 0 Å². The minimum atomic E-state index is -0.318. The van der Waals surface area contributed by atoms with Gasteiger partial charge in [0.2, 0.25) is 5.88 Å². The van der Waals surface area contributed by atoms with E-state index in [4.69, 9.17) is 25.8 Å². The molecule has 180 valence electrons. The lowest BCUT2D eigenvalue weighted by Crippen LogP contribution is -2.29. The highest BCUT2D eigenvalue weighted by atomic mass is 35.5. The van der Waals surface area contributed by atoms with Crippen LogP contribution in [0.15, 0.2) is 67.0 Å². The van der Waals surface area contributed by atoms with E-state index in [0.29, 0.717) is 57.9 Å². The summed E-state index contributed by atoms with van der Waals surface area (Å²) in [6.45, 7) is 2.93. The number of carbonyl (C=O) groups excluding carboxylic acids is 1. The van der Waals surface area contributed by atoms with Crippen molar-refractivity contribution in [2.75, 3.05) is 19.0 Å². The second-order valence-electron chi connectivity index (χ2n) is 7.60. The Hall–Kier alpha value is -4.04. The van der Waals surface area contributed by atoms with Gasteiger partial charge in [-0.1, -0.05) is 48.9 Å². The Labute approximate surface area is 208 Å². The molecule has 2 N–H and O–H groups in total. The number of ether oxygens (including phenoxy) is 3. The van der Waals surface area contributed by atoms with Gasteiger partial charge >= 0.3 is 6.03 Å². The number of urea groups is 1. The summed E-state index contributed by atoms with van der Waals surface area (Å²) < 4.78 is 17.6. The van der Waals surface area contributed by atoms with Gasteiger partial charge in [-0.2, -0.15) is 0 Å². The third-order valence-electron chi connectivity index (χ3n) is 5.06. The van der Waals surface area contributed by atoms with E-state index in [-0.39, 0.29) is 6.03 Å². The van der Waals surface area contributed by atoms with Gasteiger partial charge in [0.15, 0.2) is 11.5 Å². The van der Waals surface area contributed by atoms with Crippen molar-refractivity contribution in [1.29, 1.82) is 0 Å². The lowest BCUT2D eigenvalue weighted by Gasteiger charge is -2.14. The number of halogens is 1. The van der Waals surface area contributed by atoms with Crippen molar-refractivity contribution in [3.8, 4) is 23.1 Å². The molecule has 0 unspecified atom stereocenters. The zero-order valence-electron chi connectivity index (χ0n) is 19.4. The van der Waals surface area contributed by atoms with Crippen molar-refractivity contribution in [3.63, 3.8) is 0 Å². The van der Waals surface area contributed by atoms with E-state index in [1.807, 2.05) is 37.3 Å². The SMILES string of the molecule is CCCNC(=O)Nc1ccc(Oc2ncnc3cc(OC)c(OCc4ccccc4)cc23)cc1Cl. The molecule has 2 amide bonds. The van der Waals surface area contributed by atoms with E-state index < -0.39 is 0 Å². The zero-order valence-corrected chi connectivity index (χ0v) is 20.1. The molecule has 9 heteroatoms. The van der Waals surface area contributed by atoms with Gasteiger partial charge in [0.1, 0.15) is 18.7 Å². The van der Waals surface area contributed by atoms with E-state index in [1.165, 1.54) is 6.33 Å². The Bertz CT molecular complexity index is 1320. The van der Waals surface area contributed by atoms with Gasteiger partial charge in [-0.15, -0.1) is 0 Å². The predicted molar refractivity (Wildman–Crippen MR) is 136 cm³/mol. The Kier molecular flexibility index (Phi) is 7.84. The van der Waals surface area contributed by atoms with Crippen LogP contribution in [0, 0.1) is 0 Å². The average Bonchev–Trinajstić information content (AvgIpc) is 2.88. The number of fused-ring (bicyclic) bond motifs is 1. The molecule has 0 atom stereocenters. The van der Waals surface area contributed by atoms with Crippen LogP contribution in [-0.2, 0) is 6.61 Å². The molecule has 1 heterocycles. The normalized spacial score (nSPS) is 10.6. The van der Waals surface area contributed by atoms with Gasteiger partial charge < -0.3 is 24.8 Å². The Morgan fingerprint density at radius 1 is 1.03 bits per heavy atom. The maximum Gasteiger partial charge on any atom is 0.319 e. The van der Waals surface area contributed by atoms with Crippen molar-refractivity contribution < 1.29 is 19.0 Å². The number of aromatic nitrogens is 2. The fraction of sp³-hybridized carbons (Fsp3) is 0.192. The van der Waals surface area contributed by atoms with Crippen molar-refractivity contribution >= 4 is 34.2 Å². The molecule has 0 aliphatic rings. The number of nitrogens with zero attached hydrogens (tertiary/aromatic N) is 2. The molecule has 3 aromatic carbocycles. The minimum absolute atomic E-state index is 0.318. The van der Waals surface area contributed by atoms with Crippen molar-refractivity contribution in [1.82, 2.24) is 15.3 Å². The third kappa shape index (κ3) is 6.10. The first-order chi connectivity index (χ1) is 17.1. The standard InChI is InChI=1S/C26H25ClN4O4/c1-3-11-28-26(32)31-21-10-9-18(12-20(21)27)35-25-19-13-24(34-15-17-7-5-4-6-8-17)23(33-2)14-22(19)29-16-30-25/h4-10,12-14,16H,3,11,15H2,1-2H3,(H2,28,31,32). The second kappa shape index (κ2) is 11.4. The summed E-state index contributed by atoms with van der Waals surface area (Å²) in [6, 6.07) is 18.1. The molecule has 8 nitrogen and oxygen atoms in total. The van der Waals surface area contributed by atoms with E-state index in [1.54, 1.807) is 37.4 Å². The summed E-state index contributed by atoms with van der Waals surface area (Å²) in [5.74, 6) is 1.88. The first kappa shape index (κ1) is 24.1. The zero-order chi connectivity index (χ0) is 24.6. The first-order valence-corrected chi connectivity index (χ1v) is 11.5. The quantitative estimate of drug-likeness (QED) is 0.289. The largest absolute Gasteiger partial charge is 0.493 e. The van der Waals surface area contributed by atoms with Gasteiger partial charge in [-0.3, -0.25) is 0 Å².